The first-order valence-electron chi connectivity index (χ1n) is 9.83. The van der Waals surface area contributed by atoms with Crippen LogP contribution in [0.2, 0.25) is 0 Å². The molecule has 0 aliphatic carbocycles. The Hall–Kier alpha value is -2.93. The largest absolute Gasteiger partial charge is 0.507 e. The minimum absolute atomic E-state index is 0.165. The number of phenols is 1. The molecule has 2 aromatic heterocycles. The molecule has 7 nitrogen and oxygen atoms in total. The zero-order valence-corrected chi connectivity index (χ0v) is 15.9. The van der Waals surface area contributed by atoms with Crippen LogP contribution in [0, 0.1) is 0 Å². The lowest BCUT2D eigenvalue weighted by Gasteiger charge is -2.36. The van der Waals surface area contributed by atoms with Gasteiger partial charge in [0, 0.05) is 49.2 Å². The van der Waals surface area contributed by atoms with Crippen LogP contribution in [0.3, 0.4) is 0 Å². The first-order chi connectivity index (χ1) is 13.7. The number of anilines is 1. The standard InChI is InChI=1S/C21H24N6O/c1-26(17-11-14-3-4-15(12-17)23-14)21-8-7-19(24-25-21)18-6-5-16(13-20(18)28)27-10-2-9-22-27/h2,5-10,13-15,17,23,28H,3-4,11-12H2,1H3. The highest BCUT2D eigenvalue weighted by molar-refractivity contribution is 5.69. The lowest BCUT2D eigenvalue weighted by Crippen LogP contribution is -2.47. The second-order valence-corrected chi connectivity index (χ2v) is 7.80. The van der Waals surface area contributed by atoms with Gasteiger partial charge in [-0.1, -0.05) is 0 Å². The topological polar surface area (TPSA) is 79.1 Å². The van der Waals surface area contributed by atoms with Gasteiger partial charge in [-0.3, -0.25) is 0 Å². The molecule has 2 N–H and O–H groups in total. The summed E-state index contributed by atoms with van der Waals surface area (Å²) in [4.78, 5) is 2.25. The number of rotatable bonds is 4. The van der Waals surface area contributed by atoms with Crippen LogP contribution in [0.25, 0.3) is 16.9 Å². The van der Waals surface area contributed by atoms with Crippen molar-refractivity contribution in [2.75, 3.05) is 11.9 Å². The number of hydrogen-bond donors (Lipinski definition) is 2. The molecule has 1 aromatic carbocycles. The van der Waals surface area contributed by atoms with Crippen LogP contribution in [0.5, 0.6) is 5.75 Å². The van der Waals surface area contributed by atoms with E-state index in [0.717, 1.165) is 24.3 Å². The maximum Gasteiger partial charge on any atom is 0.151 e. The lowest BCUT2D eigenvalue weighted by atomic mass is 9.98. The van der Waals surface area contributed by atoms with E-state index in [4.69, 9.17) is 0 Å². The van der Waals surface area contributed by atoms with E-state index in [9.17, 15) is 5.11 Å². The molecular weight excluding hydrogens is 352 g/mol. The van der Waals surface area contributed by atoms with Gasteiger partial charge in [0.05, 0.1) is 11.4 Å². The van der Waals surface area contributed by atoms with Crippen LogP contribution in [0.15, 0.2) is 48.8 Å². The molecule has 2 aliphatic heterocycles. The van der Waals surface area contributed by atoms with Crippen LogP contribution in [-0.2, 0) is 0 Å². The predicted molar refractivity (Wildman–Crippen MR) is 108 cm³/mol. The van der Waals surface area contributed by atoms with Crippen LogP contribution in [0.1, 0.15) is 25.7 Å². The van der Waals surface area contributed by atoms with E-state index >= 15 is 0 Å². The van der Waals surface area contributed by atoms with Gasteiger partial charge in [0.1, 0.15) is 5.75 Å². The molecule has 3 aromatic rings. The summed E-state index contributed by atoms with van der Waals surface area (Å²) in [5, 5.41) is 27.2. The highest BCUT2D eigenvalue weighted by Gasteiger charge is 2.35. The molecule has 7 heteroatoms. The molecule has 2 aliphatic rings. The van der Waals surface area contributed by atoms with E-state index in [1.54, 1.807) is 16.9 Å². The maximum atomic E-state index is 10.5. The van der Waals surface area contributed by atoms with Gasteiger partial charge < -0.3 is 15.3 Å². The first-order valence-corrected chi connectivity index (χ1v) is 9.83. The SMILES string of the molecule is CN(c1ccc(-c2ccc(-n3cccn3)cc2O)nn1)C1CC2CCC(C1)N2. The number of aromatic hydroxyl groups is 1. The highest BCUT2D eigenvalue weighted by atomic mass is 16.3. The van der Waals surface area contributed by atoms with Crippen molar-refractivity contribution in [1.82, 2.24) is 25.3 Å². The van der Waals surface area contributed by atoms with Gasteiger partial charge >= 0.3 is 0 Å². The third kappa shape index (κ3) is 3.11. The van der Waals surface area contributed by atoms with Crippen molar-refractivity contribution in [3.05, 3.63) is 48.8 Å². The number of fused-ring (bicyclic) bond motifs is 2. The van der Waals surface area contributed by atoms with Crippen molar-refractivity contribution >= 4 is 5.82 Å². The van der Waals surface area contributed by atoms with E-state index in [2.05, 4.69) is 32.6 Å². The summed E-state index contributed by atoms with van der Waals surface area (Å²) >= 11 is 0. The van der Waals surface area contributed by atoms with Crippen molar-refractivity contribution in [2.45, 2.75) is 43.8 Å². The Morgan fingerprint density at radius 2 is 1.93 bits per heavy atom. The first kappa shape index (κ1) is 17.2. The second kappa shape index (κ2) is 6.91. The van der Waals surface area contributed by atoms with Gasteiger partial charge in [-0.15, -0.1) is 10.2 Å². The minimum atomic E-state index is 0.165. The summed E-state index contributed by atoms with van der Waals surface area (Å²) < 4.78 is 1.71. The van der Waals surface area contributed by atoms with Crippen molar-refractivity contribution in [3.63, 3.8) is 0 Å². The van der Waals surface area contributed by atoms with Crippen LogP contribution in [-0.4, -0.2) is 50.3 Å². The number of phenolic OH excluding ortho intramolecular Hbond substituents is 1. The predicted octanol–water partition coefficient (Wildman–Crippen LogP) is 2.75. The fourth-order valence-electron chi connectivity index (χ4n) is 4.49. The molecule has 0 amide bonds. The number of benzene rings is 1. The molecule has 0 spiro atoms. The van der Waals surface area contributed by atoms with E-state index in [1.807, 2.05) is 36.5 Å². The Balaban J connectivity index is 1.35. The molecule has 2 bridgehead atoms. The van der Waals surface area contributed by atoms with Gasteiger partial charge in [-0.05, 0) is 56.0 Å². The molecule has 144 valence electrons. The van der Waals surface area contributed by atoms with Gasteiger partial charge in [0.25, 0.3) is 0 Å². The third-order valence-corrected chi connectivity index (χ3v) is 6.03. The number of piperidine rings is 1. The average molecular weight is 376 g/mol. The van der Waals surface area contributed by atoms with E-state index in [0.29, 0.717) is 29.4 Å². The molecule has 2 atom stereocenters. The molecule has 28 heavy (non-hydrogen) atoms. The van der Waals surface area contributed by atoms with Gasteiger partial charge in [0.2, 0.25) is 0 Å². The Morgan fingerprint density at radius 1 is 1.11 bits per heavy atom. The van der Waals surface area contributed by atoms with E-state index in [1.165, 1.54) is 12.8 Å². The van der Waals surface area contributed by atoms with E-state index < -0.39 is 0 Å². The lowest BCUT2D eigenvalue weighted by molar-refractivity contribution is 0.353. The van der Waals surface area contributed by atoms with Crippen LogP contribution < -0.4 is 10.2 Å². The summed E-state index contributed by atoms with van der Waals surface area (Å²) in [6.07, 6.45) is 8.43. The zero-order valence-electron chi connectivity index (χ0n) is 15.9. The molecule has 2 fully saturated rings. The average Bonchev–Trinajstić information content (AvgIpc) is 3.37. The van der Waals surface area contributed by atoms with Crippen molar-refractivity contribution in [2.24, 2.45) is 0 Å². The summed E-state index contributed by atoms with van der Waals surface area (Å²) in [5.41, 5.74) is 2.13. The monoisotopic (exact) mass is 376 g/mol. The molecular formula is C21H24N6O. The molecule has 0 saturated carbocycles. The third-order valence-electron chi connectivity index (χ3n) is 6.03. The Morgan fingerprint density at radius 3 is 2.57 bits per heavy atom. The van der Waals surface area contributed by atoms with Crippen molar-refractivity contribution < 1.29 is 5.11 Å². The van der Waals surface area contributed by atoms with Gasteiger partial charge in [-0.2, -0.15) is 5.10 Å². The number of nitrogens with zero attached hydrogens (tertiary/aromatic N) is 5. The van der Waals surface area contributed by atoms with Gasteiger partial charge in [0.15, 0.2) is 5.82 Å². The van der Waals surface area contributed by atoms with E-state index in [-0.39, 0.29) is 5.75 Å². The number of hydrogen-bond acceptors (Lipinski definition) is 6. The summed E-state index contributed by atoms with van der Waals surface area (Å²) in [6.45, 7) is 0. The number of aromatic nitrogens is 4. The summed E-state index contributed by atoms with van der Waals surface area (Å²) in [5.74, 6) is 1.04. The van der Waals surface area contributed by atoms with Crippen molar-refractivity contribution in [3.8, 4) is 22.7 Å². The molecule has 0 radical (unpaired) electrons. The van der Waals surface area contributed by atoms with Crippen LogP contribution in [0.4, 0.5) is 5.82 Å². The molecule has 2 unspecified atom stereocenters. The number of nitrogens with one attached hydrogen (secondary N) is 1. The fourth-order valence-corrected chi connectivity index (χ4v) is 4.49. The summed E-state index contributed by atoms with van der Waals surface area (Å²) in [7, 11) is 2.11. The smallest absolute Gasteiger partial charge is 0.151 e. The van der Waals surface area contributed by atoms with Gasteiger partial charge in [-0.25, -0.2) is 4.68 Å². The Bertz CT molecular complexity index is 944. The molecule has 2 saturated heterocycles. The minimum Gasteiger partial charge on any atom is -0.507 e. The molecule has 4 heterocycles. The fraction of sp³-hybridized carbons (Fsp3) is 0.381. The Kier molecular flexibility index (Phi) is 4.24. The maximum absolute atomic E-state index is 10.5. The Labute approximate surface area is 164 Å². The highest BCUT2D eigenvalue weighted by Crippen LogP contribution is 2.32. The quantitative estimate of drug-likeness (QED) is 0.729. The zero-order chi connectivity index (χ0) is 19.1. The normalized spacial score (nSPS) is 23.7. The van der Waals surface area contributed by atoms with Crippen molar-refractivity contribution in [1.29, 1.82) is 0 Å². The second-order valence-electron chi connectivity index (χ2n) is 7.80. The van der Waals surface area contributed by atoms with Crippen LogP contribution >= 0.6 is 0 Å². The molecule has 5 rings (SSSR count). The summed E-state index contributed by atoms with van der Waals surface area (Å²) in [6, 6.07) is 13.0.